The van der Waals surface area contributed by atoms with Crippen LogP contribution in [0.5, 0.6) is 0 Å². The van der Waals surface area contributed by atoms with Gasteiger partial charge in [-0.15, -0.1) is 24.9 Å². The molecule has 5 rings (SSSR count). The van der Waals surface area contributed by atoms with Crippen molar-refractivity contribution in [2.24, 2.45) is 11.8 Å². The Hall–Kier alpha value is -2.62. The van der Waals surface area contributed by atoms with Crippen LogP contribution in [0.15, 0.2) is 67.8 Å². The van der Waals surface area contributed by atoms with Gasteiger partial charge in [-0.1, -0.05) is 65.3 Å². The molecule has 3 fully saturated rings. The lowest BCUT2D eigenvalue weighted by Gasteiger charge is -2.38. The Morgan fingerprint density at radius 2 is 1.86 bits per heavy atom. The summed E-state index contributed by atoms with van der Waals surface area (Å²) in [5.41, 5.74) is 0.752. The number of aliphatic hydroxyl groups excluding tert-OH is 1. The predicted octanol–water partition coefficient (Wildman–Crippen LogP) is 5.02. The number of anilines is 1. The van der Waals surface area contributed by atoms with E-state index in [9.17, 15) is 19.5 Å². The van der Waals surface area contributed by atoms with Crippen molar-refractivity contribution < 1.29 is 19.5 Å². The zero-order chi connectivity index (χ0) is 30.0. The number of likely N-dealkylation sites (tertiary alicyclic amines) is 1. The number of halogens is 1. The molecule has 3 amide bonds. The molecule has 0 saturated carbocycles. The highest BCUT2D eigenvalue weighted by Crippen LogP contribution is 2.68. The number of nitrogens with zero attached hydrogens (tertiary/aromatic N) is 3. The van der Waals surface area contributed by atoms with Gasteiger partial charge in [0.1, 0.15) is 6.04 Å². The van der Waals surface area contributed by atoms with Gasteiger partial charge >= 0.3 is 0 Å². The van der Waals surface area contributed by atoms with E-state index in [1.165, 1.54) is 0 Å². The van der Waals surface area contributed by atoms with E-state index in [2.05, 4.69) is 29.1 Å². The molecule has 3 heterocycles. The molecule has 2 aromatic carbocycles. The molecule has 9 heteroatoms. The number of hydrogen-bond acceptors (Lipinski definition) is 5. The molecule has 6 atom stereocenters. The first-order valence-electron chi connectivity index (χ1n) is 14.9. The van der Waals surface area contributed by atoms with Gasteiger partial charge in [-0.05, 0) is 48.6 Å². The zero-order valence-electron chi connectivity index (χ0n) is 24.2. The Bertz CT molecular complexity index is 1370. The van der Waals surface area contributed by atoms with Gasteiger partial charge in [-0.3, -0.25) is 14.4 Å². The summed E-state index contributed by atoms with van der Waals surface area (Å²) in [5, 5.41) is 11.5. The van der Waals surface area contributed by atoms with Crippen LogP contribution >= 0.6 is 27.7 Å². The maximum atomic E-state index is 14.8. The molecule has 224 valence electrons. The van der Waals surface area contributed by atoms with Crippen LogP contribution in [0.3, 0.4) is 0 Å². The first kappa shape index (κ1) is 30.8. The third-order valence-electron chi connectivity index (χ3n) is 8.89. The molecule has 3 aliphatic rings. The van der Waals surface area contributed by atoms with Crippen LogP contribution < -0.4 is 4.90 Å². The van der Waals surface area contributed by atoms with Crippen molar-refractivity contribution in [2.45, 2.75) is 53.5 Å². The van der Waals surface area contributed by atoms with E-state index >= 15 is 0 Å². The van der Waals surface area contributed by atoms with Crippen LogP contribution in [0.2, 0.25) is 0 Å². The second-order valence-electron chi connectivity index (χ2n) is 11.5. The van der Waals surface area contributed by atoms with Crippen LogP contribution in [0, 0.1) is 11.8 Å². The number of thioether (sulfide) groups is 1. The van der Waals surface area contributed by atoms with E-state index in [-0.39, 0.29) is 34.4 Å². The summed E-state index contributed by atoms with van der Waals surface area (Å²) in [7, 11) is 0. The molecule has 0 aliphatic carbocycles. The van der Waals surface area contributed by atoms with E-state index in [0.717, 1.165) is 22.9 Å². The van der Waals surface area contributed by atoms with Crippen molar-refractivity contribution in [3.8, 4) is 0 Å². The molecular formula is C33H40BrN3O4S. The molecule has 2 aromatic rings. The Morgan fingerprint density at radius 1 is 1.12 bits per heavy atom. The Balaban J connectivity index is 1.57. The number of alkyl halides is 1. The SMILES string of the molecule is C=CCN(CCC)C(=O)[C@H]1[C@@H]2SC3(CC2Br)C(C(=O)N(CC=C)c2ccc4ccccc4c2)N(CCCCO)C(=O)[C@H]13. The molecule has 3 unspecified atom stereocenters. The quantitative estimate of drug-likeness (QED) is 0.187. The van der Waals surface area contributed by atoms with Crippen molar-refractivity contribution >= 4 is 61.9 Å². The fourth-order valence-electron chi connectivity index (χ4n) is 7.20. The summed E-state index contributed by atoms with van der Waals surface area (Å²) in [4.78, 5) is 48.6. The van der Waals surface area contributed by atoms with Gasteiger partial charge in [-0.25, -0.2) is 0 Å². The number of hydrogen-bond donors (Lipinski definition) is 1. The fraction of sp³-hybridized carbons (Fsp3) is 0.485. The van der Waals surface area contributed by atoms with Crippen LogP contribution in [-0.4, -0.2) is 86.3 Å². The van der Waals surface area contributed by atoms with Crippen molar-refractivity contribution in [2.75, 3.05) is 37.7 Å². The second kappa shape index (κ2) is 12.9. The number of amides is 3. The first-order chi connectivity index (χ1) is 20.3. The van der Waals surface area contributed by atoms with E-state index in [1.807, 2.05) is 54.3 Å². The summed E-state index contributed by atoms with van der Waals surface area (Å²) in [6.07, 6.45) is 6.00. The molecule has 2 bridgehead atoms. The molecule has 42 heavy (non-hydrogen) atoms. The van der Waals surface area contributed by atoms with Crippen molar-refractivity contribution in [1.29, 1.82) is 0 Å². The average Bonchev–Trinajstić information content (AvgIpc) is 3.58. The lowest BCUT2D eigenvalue weighted by molar-refractivity contribution is -0.143. The smallest absolute Gasteiger partial charge is 0.251 e. The summed E-state index contributed by atoms with van der Waals surface area (Å²) in [6, 6.07) is 13.3. The number of rotatable bonds is 13. The molecule has 7 nitrogen and oxygen atoms in total. The van der Waals surface area contributed by atoms with Gasteiger partial charge in [0.15, 0.2) is 0 Å². The molecule has 3 saturated heterocycles. The Kier molecular flexibility index (Phi) is 9.50. The number of unbranched alkanes of at least 4 members (excludes halogenated alkanes) is 1. The highest BCUT2D eigenvalue weighted by molar-refractivity contribution is 9.09. The standard InChI is InChI=1S/C33H40BrN3O4S/c1-4-15-35(16-5-2)30(39)26-27-31(40)37(18-9-10-19-38)29(33(27)21-25(34)28(26)42-33)32(41)36(17-6-3)24-14-13-22-11-7-8-12-23(22)20-24/h4,6-8,11-14,20,25-29,38H,1,3,5,9-10,15-19,21H2,2H3/t25?,26-,27+,28-,29?,33?/m1/s1. The second-order valence-corrected chi connectivity index (χ2v) is 14.2. The highest BCUT2D eigenvalue weighted by Gasteiger charge is 2.76. The minimum Gasteiger partial charge on any atom is -0.396 e. The maximum Gasteiger partial charge on any atom is 0.251 e. The van der Waals surface area contributed by atoms with Gasteiger partial charge in [0, 0.05) is 48.6 Å². The average molecular weight is 655 g/mol. The molecule has 0 radical (unpaired) electrons. The van der Waals surface area contributed by atoms with Crippen LogP contribution in [0.4, 0.5) is 5.69 Å². The first-order valence-corrected chi connectivity index (χ1v) is 16.7. The summed E-state index contributed by atoms with van der Waals surface area (Å²) >= 11 is 5.53. The molecule has 1 spiro atoms. The lowest BCUT2D eigenvalue weighted by atomic mass is 9.70. The van der Waals surface area contributed by atoms with Crippen LogP contribution in [0.1, 0.15) is 32.6 Å². The number of fused-ring (bicyclic) bond motifs is 2. The molecule has 3 aliphatic heterocycles. The predicted molar refractivity (Wildman–Crippen MR) is 174 cm³/mol. The van der Waals surface area contributed by atoms with E-state index < -0.39 is 22.6 Å². The normalized spacial score (nSPS) is 27.7. The van der Waals surface area contributed by atoms with Gasteiger partial charge in [0.2, 0.25) is 11.8 Å². The van der Waals surface area contributed by atoms with E-state index in [0.29, 0.717) is 45.4 Å². The van der Waals surface area contributed by atoms with Gasteiger partial charge in [0.05, 0.1) is 16.6 Å². The number of aliphatic hydroxyl groups is 1. The topological polar surface area (TPSA) is 81.2 Å². The molecule has 0 aromatic heterocycles. The third-order valence-corrected chi connectivity index (χ3v) is 12.1. The van der Waals surface area contributed by atoms with E-state index in [1.54, 1.807) is 33.7 Å². The largest absolute Gasteiger partial charge is 0.396 e. The van der Waals surface area contributed by atoms with Crippen LogP contribution in [-0.2, 0) is 14.4 Å². The van der Waals surface area contributed by atoms with Crippen molar-refractivity contribution in [3.05, 3.63) is 67.8 Å². The van der Waals surface area contributed by atoms with Gasteiger partial charge in [0.25, 0.3) is 5.91 Å². The monoisotopic (exact) mass is 653 g/mol. The summed E-state index contributed by atoms with van der Waals surface area (Å²) in [5.74, 6) is -1.39. The van der Waals surface area contributed by atoms with Gasteiger partial charge in [-0.2, -0.15) is 0 Å². The zero-order valence-corrected chi connectivity index (χ0v) is 26.6. The molecular weight excluding hydrogens is 614 g/mol. The fourth-order valence-corrected chi connectivity index (χ4v) is 10.8. The highest BCUT2D eigenvalue weighted by atomic mass is 79.9. The summed E-state index contributed by atoms with van der Waals surface area (Å²) < 4.78 is -0.727. The Labute approximate surface area is 261 Å². The number of benzene rings is 2. The summed E-state index contributed by atoms with van der Waals surface area (Å²) in [6.45, 7) is 11.5. The maximum absolute atomic E-state index is 14.8. The minimum atomic E-state index is -0.730. The van der Waals surface area contributed by atoms with Crippen LogP contribution in [0.25, 0.3) is 10.8 Å². The van der Waals surface area contributed by atoms with Crippen molar-refractivity contribution in [1.82, 2.24) is 9.80 Å². The lowest BCUT2D eigenvalue weighted by Crippen LogP contribution is -2.56. The number of carbonyl (C=O) groups is 3. The Morgan fingerprint density at radius 3 is 2.55 bits per heavy atom. The van der Waals surface area contributed by atoms with E-state index in [4.69, 9.17) is 0 Å². The third kappa shape index (κ3) is 5.22. The van der Waals surface area contributed by atoms with Crippen molar-refractivity contribution in [3.63, 3.8) is 0 Å². The molecule has 1 N–H and O–H groups in total. The minimum absolute atomic E-state index is 0.00826. The van der Waals surface area contributed by atoms with Gasteiger partial charge < -0.3 is 19.8 Å². The number of carbonyl (C=O) groups excluding carboxylic acids is 3.